The molecular formula is C21H26BrNO3Si. The van der Waals surface area contributed by atoms with Crippen LogP contribution < -0.4 is 9.47 Å². The average Bonchev–Trinajstić information content (AvgIpc) is 2.95. The Kier molecular flexibility index (Phi) is 3.73. The second-order valence-electron chi connectivity index (χ2n) is 8.94. The van der Waals surface area contributed by atoms with Crippen molar-refractivity contribution in [3.8, 4) is 11.5 Å². The van der Waals surface area contributed by atoms with Gasteiger partial charge in [-0.25, -0.2) is 0 Å². The minimum absolute atomic E-state index is 0.0916. The maximum atomic E-state index is 6.59. The van der Waals surface area contributed by atoms with Crippen molar-refractivity contribution in [2.45, 2.75) is 50.0 Å². The molecule has 1 fully saturated rings. The largest absolute Gasteiger partial charge is 0.497 e. The summed E-state index contributed by atoms with van der Waals surface area (Å²) in [6.45, 7) is 8.48. The van der Waals surface area contributed by atoms with Crippen LogP contribution in [0.15, 0.2) is 34.0 Å². The van der Waals surface area contributed by atoms with E-state index in [1.54, 1.807) is 14.2 Å². The summed E-state index contributed by atoms with van der Waals surface area (Å²) < 4.78 is 22.0. The summed E-state index contributed by atoms with van der Waals surface area (Å²) in [4.78, 5) is 0. The molecule has 3 unspecified atom stereocenters. The fourth-order valence-corrected chi connectivity index (χ4v) is 8.28. The number of benzene rings is 1. The summed E-state index contributed by atoms with van der Waals surface area (Å²) in [6, 6.07) is 2.51. The van der Waals surface area contributed by atoms with Gasteiger partial charge in [-0.3, -0.25) is 0 Å². The van der Waals surface area contributed by atoms with E-state index in [1.165, 1.54) is 16.7 Å². The number of methoxy groups -OCH3 is 2. The van der Waals surface area contributed by atoms with Crippen molar-refractivity contribution in [2.75, 3.05) is 20.8 Å². The van der Waals surface area contributed by atoms with Gasteiger partial charge in [0.15, 0.2) is 17.6 Å². The topological polar surface area (TPSA) is 30.9 Å². The second kappa shape index (κ2) is 5.64. The third-order valence-corrected chi connectivity index (χ3v) is 9.79. The maximum absolute atomic E-state index is 6.59. The fourth-order valence-electron chi connectivity index (χ4n) is 5.76. The Labute approximate surface area is 170 Å². The van der Waals surface area contributed by atoms with Crippen molar-refractivity contribution >= 4 is 24.2 Å². The van der Waals surface area contributed by atoms with Crippen molar-refractivity contribution in [1.29, 1.82) is 0 Å². The van der Waals surface area contributed by atoms with Gasteiger partial charge in [-0.1, -0.05) is 41.6 Å². The van der Waals surface area contributed by atoms with Gasteiger partial charge in [-0.2, -0.15) is 0 Å². The first-order chi connectivity index (χ1) is 12.8. The van der Waals surface area contributed by atoms with Crippen LogP contribution in [0.5, 0.6) is 11.5 Å². The summed E-state index contributed by atoms with van der Waals surface area (Å²) in [6.07, 6.45) is 6.44. The summed E-state index contributed by atoms with van der Waals surface area (Å²) in [7, 11) is 2.03. The summed E-state index contributed by atoms with van der Waals surface area (Å²) in [5.74, 6) is 2.64. The maximum Gasteiger partial charge on any atom is 0.169 e. The lowest BCUT2D eigenvalue weighted by atomic mass is 9.57. The van der Waals surface area contributed by atoms with Crippen molar-refractivity contribution in [1.82, 2.24) is 4.57 Å². The molecule has 144 valence electrons. The van der Waals surface area contributed by atoms with E-state index in [0.29, 0.717) is 6.04 Å². The van der Waals surface area contributed by atoms with Gasteiger partial charge in [-0.15, -0.1) is 0 Å². The van der Waals surface area contributed by atoms with E-state index in [4.69, 9.17) is 14.2 Å². The molecular weight excluding hydrogens is 422 g/mol. The highest BCUT2D eigenvalue weighted by Gasteiger charge is 2.63. The smallest absolute Gasteiger partial charge is 0.169 e. The van der Waals surface area contributed by atoms with Crippen LogP contribution in [0.2, 0.25) is 19.6 Å². The summed E-state index contributed by atoms with van der Waals surface area (Å²) in [5.41, 5.74) is 4.10. The average molecular weight is 448 g/mol. The molecule has 3 atom stereocenters. The third kappa shape index (κ3) is 2.12. The van der Waals surface area contributed by atoms with Crippen LogP contribution in [0.4, 0.5) is 0 Å². The molecule has 27 heavy (non-hydrogen) atoms. The Hall–Kier alpha value is -1.24. The van der Waals surface area contributed by atoms with E-state index in [1.807, 2.05) is 0 Å². The van der Waals surface area contributed by atoms with Crippen molar-refractivity contribution in [2.24, 2.45) is 0 Å². The quantitative estimate of drug-likeness (QED) is 0.642. The van der Waals surface area contributed by atoms with E-state index in [-0.39, 0.29) is 11.5 Å². The van der Waals surface area contributed by atoms with Crippen LogP contribution in [0.3, 0.4) is 0 Å². The molecule has 4 nitrogen and oxygen atoms in total. The van der Waals surface area contributed by atoms with Crippen LogP contribution in [0.1, 0.15) is 17.5 Å². The van der Waals surface area contributed by atoms with Crippen LogP contribution in [-0.4, -0.2) is 45.7 Å². The van der Waals surface area contributed by atoms with E-state index in [2.05, 4.69) is 58.4 Å². The molecule has 4 aliphatic rings. The first kappa shape index (κ1) is 17.8. The Morgan fingerprint density at radius 2 is 2.00 bits per heavy atom. The lowest BCUT2D eigenvalue weighted by Gasteiger charge is -2.56. The van der Waals surface area contributed by atoms with Gasteiger partial charge in [-0.05, 0) is 42.7 Å². The number of halogens is 1. The minimum Gasteiger partial charge on any atom is -0.497 e. The predicted octanol–water partition coefficient (Wildman–Crippen LogP) is 4.39. The first-order valence-corrected chi connectivity index (χ1v) is 13.9. The standard InChI is InChI=1S/C21H26BrNO3Si/c1-24-16-7-6-13-15-10-12-14(22)11-17(25-2)19-18(12)21(13,20(16)26-19)8-9-23(15)27(3,4)5/h6-7,11,15,20H,8-10H2,1-5H3. The molecule has 0 saturated carbocycles. The molecule has 0 aromatic heterocycles. The molecule has 2 heterocycles. The summed E-state index contributed by atoms with van der Waals surface area (Å²) in [5, 5.41) is 0. The predicted molar refractivity (Wildman–Crippen MR) is 112 cm³/mol. The SMILES string of the molecule is COC1=CC=C2C3Cc4c(Br)cc(OC)c5c4C2(CCN3[Si](C)(C)C)C1O5. The summed E-state index contributed by atoms with van der Waals surface area (Å²) >= 11 is 3.84. The van der Waals surface area contributed by atoms with Crippen LogP contribution >= 0.6 is 15.9 Å². The molecule has 1 saturated heterocycles. The van der Waals surface area contributed by atoms with Crippen LogP contribution in [0.25, 0.3) is 0 Å². The number of piperidine rings is 1. The number of rotatable bonds is 3. The van der Waals surface area contributed by atoms with E-state index < -0.39 is 8.24 Å². The molecule has 5 rings (SSSR count). The highest BCUT2D eigenvalue weighted by atomic mass is 79.9. The van der Waals surface area contributed by atoms with E-state index in [9.17, 15) is 0 Å². The van der Waals surface area contributed by atoms with Gasteiger partial charge in [0.05, 0.1) is 19.6 Å². The van der Waals surface area contributed by atoms with E-state index >= 15 is 0 Å². The number of hydrogen-bond acceptors (Lipinski definition) is 4. The zero-order valence-corrected chi connectivity index (χ0v) is 19.1. The molecule has 0 radical (unpaired) electrons. The highest BCUT2D eigenvalue weighted by molar-refractivity contribution is 9.10. The normalized spacial score (nSPS) is 30.9. The number of hydrogen-bond donors (Lipinski definition) is 0. The lowest BCUT2D eigenvalue weighted by molar-refractivity contribution is 0.0844. The van der Waals surface area contributed by atoms with Gasteiger partial charge in [0.1, 0.15) is 14.0 Å². The second-order valence-corrected chi connectivity index (χ2v) is 14.7. The minimum atomic E-state index is -1.44. The Balaban J connectivity index is 1.81. The van der Waals surface area contributed by atoms with Crippen molar-refractivity contribution in [3.05, 3.63) is 45.2 Å². The van der Waals surface area contributed by atoms with Crippen molar-refractivity contribution < 1.29 is 14.2 Å². The van der Waals surface area contributed by atoms with Gasteiger partial charge in [0.25, 0.3) is 0 Å². The molecule has 2 aliphatic carbocycles. The number of nitrogens with zero attached hydrogens (tertiary/aromatic N) is 1. The molecule has 0 N–H and O–H groups in total. The van der Waals surface area contributed by atoms with Crippen molar-refractivity contribution in [3.63, 3.8) is 0 Å². The first-order valence-electron chi connectivity index (χ1n) is 9.62. The highest BCUT2D eigenvalue weighted by Crippen LogP contribution is 2.64. The van der Waals surface area contributed by atoms with Crippen LogP contribution in [-0.2, 0) is 16.6 Å². The van der Waals surface area contributed by atoms with E-state index in [0.717, 1.165) is 41.1 Å². The Morgan fingerprint density at radius 3 is 2.67 bits per heavy atom. The zero-order valence-electron chi connectivity index (χ0n) is 16.6. The molecule has 1 spiro atoms. The number of allylic oxidation sites excluding steroid dienone is 2. The monoisotopic (exact) mass is 447 g/mol. The van der Waals surface area contributed by atoms with Gasteiger partial charge in [0.2, 0.25) is 0 Å². The molecule has 0 amide bonds. The fraction of sp³-hybridized carbons (Fsp3) is 0.524. The molecule has 2 bridgehead atoms. The third-order valence-electron chi connectivity index (χ3n) is 6.83. The number of ether oxygens (including phenoxy) is 3. The molecule has 6 heteroatoms. The van der Waals surface area contributed by atoms with Gasteiger partial charge < -0.3 is 18.8 Å². The molecule has 1 aromatic rings. The molecule has 1 aromatic carbocycles. The van der Waals surface area contributed by atoms with Gasteiger partial charge in [0, 0.05) is 16.1 Å². The zero-order chi connectivity index (χ0) is 19.1. The van der Waals surface area contributed by atoms with Crippen LogP contribution in [0, 0.1) is 0 Å². The Bertz CT molecular complexity index is 904. The lowest BCUT2D eigenvalue weighted by Crippen LogP contribution is -2.64. The molecule has 2 aliphatic heterocycles. The Morgan fingerprint density at radius 1 is 1.22 bits per heavy atom. The van der Waals surface area contributed by atoms with Gasteiger partial charge >= 0.3 is 0 Å².